The topological polar surface area (TPSA) is 44.3 Å². The van der Waals surface area contributed by atoms with E-state index < -0.39 is 0 Å². The van der Waals surface area contributed by atoms with Crippen molar-refractivity contribution < 1.29 is 4.39 Å². The monoisotopic (exact) mass is 295 g/mol. The van der Waals surface area contributed by atoms with Gasteiger partial charge in [-0.15, -0.1) is 0 Å². The highest BCUT2D eigenvalue weighted by Gasteiger charge is 2.20. The quantitative estimate of drug-likeness (QED) is 0.872. The molecule has 0 radical (unpaired) electrons. The molecular formula is C15H26FN5. The maximum atomic E-state index is 14.0. The summed E-state index contributed by atoms with van der Waals surface area (Å²) in [5, 5.41) is 3.10. The third-order valence-electron chi connectivity index (χ3n) is 3.99. The summed E-state index contributed by atoms with van der Waals surface area (Å²) < 4.78 is 14.0. The molecule has 6 heteroatoms. The third kappa shape index (κ3) is 4.52. The molecule has 118 valence electrons. The zero-order chi connectivity index (χ0) is 15.2. The molecule has 1 N–H and O–H groups in total. The van der Waals surface area contributed by atoms with Crippen molar-refractivity contribution in [2.24, 2.45) is 5.92 Å². The fourth-order valence-electron chi connectivity index (χ4n) is 2.67. The van der Waals surface area contributed by atoms with Crippen LogP contribution in [0.15, 0.2) is 6.20 Å². The van der Waals surface area contributed by atoms with Crippen molar-refractivity contribution in [1.29, 1.82) is 0 Å². The molecule has 5 nitrogen and oxygen atoms in total. The molecule has 1 aromatic heterocycles. The van der Waals surface area contributed by atoms with Crippen LogP contribution >= 0.6 is 0 Å². The predicted molar refractivity (Wildman–Crippen MR) is 84.3 cm³/mol. The lowest BCUT2D eigenvalue weighted by molar-refractivity contribution is 0.222. The van der Waals surface area contributed by atoms with Gasteiger partial charge in [-0.3, -0.25) is 0 Å². The number of nitrogens with one attached hydrogen (secondary N) is 1. The first-order chi connectivity index (χ1) is 10.1. The van der Waals surface area contributed by atoms with E-state index >= 15 is 0 Å². The van der Waals surface area contributed by atoms with Gasteiger partial charge < -0.3 is 15.1 Å². The van der Waals surface area contributed by atoms with Crippen molar-refractivity contribution in [2.75, 3.05) is 50.5 Å². The number of likely N-dealkylation sites (tertiary alicyclic amines) is 1. The van der Waals surface area contributed by atoms with Crippen LogP contribution in [0.25, 0.3) is 0 Å². The number of hydrogen-bond acceptors (Lipinski definition) is 5. The van der Waals surface area contributed by atoms with Gasteiger partial charge in [-0.1, -0.05) is 6.92 Å². The van der Waals surface area contributed by atoms with Crippen LogP contribution in [0.3, 0.4) is 0 Å². The smallest absolute Gasteiger partial charge is 0.224 e. The fourth-order valence-corrected chi connectivity index (χ4v) is 2.67. The molecule has 2 heterocycles. The zero-order valence-corrected chi connectivity index (χ0v) is 13.3. The first kappa shape index (κ1) is 15.9. The minimum atomic E-state index is -0.354. The first-order valence-corrected chi connectivity index (χ1v) is 7.76. The molecule has 0 saturated carbocycles. The van der Waals surface area contributed by atoms with Gasteiger partial charge in [0.05, 0.1) is 6.20 Å². The van der Waals surface area contributed by atoms with E-state index in [-0.39, 0.29) is 5.82 Å². The Bertz CT molecular complexity index is 446. The van der Waals surface area contributed by atoms with Gasteiger partial charge >= 0.3 is 0 Å². The van der Waals surface area contributed by atoms with Crippen molar-refractivity contribution >= 4 is 11.8 Å². The maximum absolute atomic E-state index is 14.0. The van der Waals surface area contributed by atoms with Crippen LogP contribution < -0.4 is 10.2 Å². The molecule has 0 aliphatic carbocycles. The Hall–Kier alpha value is -1.43. The van der Waals surface area contributed by atoms with Crippen LogP contribution in [-0.2, 0) is 0 Å². The lowest BCUT2D eigenvalue weighted by Gasteiger charge is -2.32. The molecule has 0 amide bonds. The highest BCUT2D eigenvalue weighted by molar-refractivity contribution is 5.43. The van der Waals surface area contributed by atoms with Crippen LogP contribution in [0, 0.1) is 11.7 Å². The summed E-state index contributed by atoms with van der Waals surface area (Å²) in [4.78, 5) is 12.6. The van der Waals surface area contributed by atoms with Gasteiger partial charge in [-0.05, 0) is 45.3 Å². The Morgan fingerprint density at radius 2 is 2.14 bits per heavy atom. The molecule has 1 fully saturated rings. The molecule has 0 atom stereocenters. The highest BCUT2D eigenvalue weighted by atomic mass is 19.1. The normalized spacial score (nSPS) is 17.0. The van der Waals surface area contributed by atoms with Gasteiger partial charge in [0.1, 0.15) is 0 Å². The Morgan fingerprint density at radius 1 is 1.43 bits per heavy atom. The number of halogens is 1. The molecular weight excluding hydrogens is 269 g/mol. The standard InChI is InChI=1S/C15H26FN5/c1-4-7-17-15-18-10-13(16)14(19-15)21(3)11-12-5-8-20(2)9-6-12/h10,12H,4-9,11H2,1-3H3,(H,17,18,19). The summed E-state index contributed by atoms with van der Waals surface area (Å²) >= 11 is 0. The van der Waals surface area contributed by atoms with E-state index in [1.54, 1.807) is 0 Å². The van der Waals surface area contributed by atoms with Crippen LogP contribution in [-0.4, -0.2) is 55.1 Å². The summed E-state index contributed by atoms with van der Waals surface area (Å²) in [5.41, 5.74) is 0. The van der Waals surface area contributed by atoms with Crippen molar-refractivity contribution in [3.05, 3.63) is 12.0 Å². The second-order valence-electron chi connectivity index (χ2n) is 5.92. The lowest BCUT2D eigenvalue weighted by atomic mass is 9.97. The molecule has 0 aromatic carbocycles. The van der Waals surface area contributed by atoms with Crippen LogP contribution in [0.1, 0.15) is 26.2 Å². The third-order valence-corrected chi connectivity index (χ3v) is 3.99. The summed E-state index contributed by atoms with van der Waals surface area (Å²) in [6.07, 6.45) is 4.57. The van der Waals surface area contributed by atoms with E-state index in [1.165, 1.54) is 6.20 Å². The number of hydrogen-bond donors (Lipinski definition) is 1. The summed E-state index contributed by atoms with van der Waals surface area (Å²) in [7, 11) is 4.06. The predicted octanol–water partition coefficient (Wildman–Crippen LogP) is 2.22. The fraction of sp³-hybridized carbons (Fsp3) is 0.733. The number of aromatic nitrogens is 2. The van der Waals surface area contributed by atoms with E-state index in [4.69, 9.17) is 0 Å². The Labute approximate surface area is 126 Å². The van der Waals surface area contributed by atoms with E-state index in [0.717, 1.165) is 45.4 Å². The Morgan fingerprint density at radius 3 is 2.81 bits per heavy atom. The number of rotatable bonds is 6. The molecule has 0 unspecified atom stereocenters. The minimum absolute atomic E-state index is 0.354. The van der Waals surface area contributed by atoms with Crippen LogP contribution in [0.5, 0.6) is 0 Å². The summed E-state index contributed by atoms with van der Waals surface area (Å²) in [6, 6.07) is 0. The van der Waals surface area contributed by atoms with E-state index in [0.29, 0.717) is 17.7 Å². The van der Waals surface area contributed by atoms with Gasteiger partial charge in [0.15, 0.2) is 11.6 Å². The molecule has 0 spiro atoms. The second-order valence-corrected chi connectivity index (χ2v) is 5.92. The van der Waals surface area contributed by atoms with Gasteiger partial charge in [0.25, 0.3) is 0 Å². The Kier molecular flexibility index (Phi) is 5.73. The number of anilines is 2. The molecule has 2 rings (SSSR count). The zero-order valence-electron chi connectivity index (χ0n) is 13.3. The van der Waals surface area contributed by atoms with Crippen molar-refractivity contribution in [1.82, 2.24) is 14.9 Å². The first-order valence-electron chi connectivity index (χ1n) is 7.76. The van der Waals surface area contributed by atoms with E-state index in [2.05, 4.69) is 34.2 Å². The highest BCUT2D eigenvalue weighted by Crippen LogP contribution is 2.21. The molecule has 1 aliphatic heterocycles. The molecule has 21 heavy (non-hydrogen) atoms. The summed E-state index contributed by atoms with van der Waals surface area (Å²) in [5.74, 6) is 1.14. The van der Waals surface area contributed by atoms with Crippen molar-refractivity contribution in [2.45, 2.75) is 26.2 Å². The number of nitrogens with zero attached hydrogens (tertiary/aromatic N) is 4. The van der Waals surface area contributed by atoms with Gasteiger partial charge in [-0.25, -0.2) is 9.37 Å². The second kappa shape index (κ2) is 7.54. The van der Waals surface area contributed by atoms with Crippen molar-refractivity contribution in [3.63, 3.8) is 0 Å². The van der Waals surface area contributed by atoms with E-state index in [9.17, 15) is 4.39 Å². The average Bonchev–Trinajstić information content (AvgIpc) is 2.48. The van der Waals surface area contributed by atoms with Crippen LogP contribution in [0.2, 0.25) is 0 Å². The van der Waals surface area contributed by atoms with Gasteiger partial charge in [-0.2, -0.15) is 4.98 Å². The summed E-state index contributed by atoms with van der Waals surface area (Å²) in [6.45, 7) is 5.95. The van der Waals surface area contributed by atoms with Crippen LogP contribution in [0.4, 0.5) is 16.2 Å². The molecule has 0 bridgehead atoms. The largest absolute Gasteiger partial charge is 0.357 e. The van der Waals surface area contributed by atoms with Gasteiger partial charge in [0, 0.05) is 20.1 Å². The molecule has 1 aliphatic rings. The Balaban J connectivity index is 1.98. The number of piperidine rings is 1. The van der Waals surface area contributed by atoms with Crippen molar-refractivity contribution in [3.8, 4) is 0 Å². The average molecular weight is 295 g/mol. The maximum Gasteiger partial charge on any atom is 0.224 e. The SMILES string of the molecule is CCCNc1ncc(F)c(N(C)CC2CCN(C)CC2)n1. The molecule has 1 saturated heterocycles. The van der Waals surface area contributed by atoms with Gasteiger partial charge in [0.2, 0.25) is 5.95 Å². The molecule has 1 aromatic rings. The minimum Gasteiger partial charge on any atom is -0.357 e. The lowest BCUT2D eigenvalue weighted by Crippen LogP contribution is -2.36. The van der Waals surface area contributed by atoms with E-state index in [1.807, 2.05) is 11.9 Å².